The molecule has 0 saturated heterocycles. The maximum Gasteiger partial charge on any atom is 0.229 e. The van der Waals surface area contributed by atoms with Crippen molar-refractivity contribution in [3.8, 4) is 0 Å². The van der Waals surface area contributed by atoms with Crippen molar-refractivity contribution in [2.24, 2.45) is 0 Å². The Morgan fingerprint density at radius 2 is 1.67 bits per heavy atom. The second-order valence-electron chi connectivity index (χ2n) is 0.723. The van der Waals surface area contributed by atoms with Crippen LogP contribution in [0.15, 0.2) is 12.5 Å². The van der Waals surface area contributed by atoms with Crippen molar-refractivity contribution < 1.29 is 14.9 Å². The van der Waals surface area contributed by atoms with Crippen LogP contribution in [-0.2, 0) is 9.47 Å². The predicted molar refractivity (Wildman–Crippen MR) is 19.8 cm³/mol. The molecule has 2 N–H and O–H groups in total. The van der Waals surface area contributed by atoms with Gasteiger partial charge in [0.15, 0.2) is 0 Å². The Balaban J connectivity index is 0.000000250. The van der Waals surface area contributed by atoms with Gasteiger partial charge in [-0.15, -0.1) is 0 Å². The van der Waals surface area contributed by atoms with Crippen LogP contribution >= 0.6 is 0 Å². The van der Waals surface area contributed by atoms with Gasteiger partial charge in [0.1, 0.15) is 12.5 Å². The van der Waals surface area contributed by atoms with Crippen LogP contribution in [0.1, 0.15) is 0 Å². The molecule has 0 aromatic rings. The van der Waals surface area contributed by atoms with E-state index in [0.717, 1.165) is 0 Å². The summed E-state index contributed by atoms with van der Waals surface area (Å²) >= 11 is 0. The average molecular weight is 90.1 g/mol. The Kier molecular flexibility index (Phi) is 2.24. The Morgan fingerprint density at radius 3 is 1.83 bits per heavy atom. The quantitative estimate of drug-likeness (QED) is 0.407. The summed E-state index contributed by atoms with van der Waals surface area (Å²) in [5.74, 6) is 0. The van der Waals surface area contributed by atoms with E-state index in [1.807, 2.05) is 0 Å². The molecule has 3 nitrogen and oxygen atoms in total. The summed E-state index contributed by atoms with van der Waals surface area (Å²) < 4.78 is 9.08. The van der Waals surface area contributed by atoms with Gasteiger partial charge in [0.25, 0.3) is 0 Å². The molecule has 0 amide bonds. The van der Waals surface area contributed by atoms with Crippen molar-refractivity contribution in [1.29, 1.82) is 0 Å². The molecule has 0 fully saturated rings. The van der Waals surface area contributed by atoms with E-state index in [2.05, 4.69) is 9.47 Å². The lowest BCUT2D eigenvalue weighted by atomic mass is 11.1. The van der Waals surface area contributed by atoms with Crippen LogP contribution in [-0.4, -0.2) is 12.3 Å². The van der Waals surface area contributed by atoms with Crippen LogP contribution in [0.2, 0.25) is 0 Å². The van der Waals surface area contributed by atoms with Gasteiger partial charge in [-0.3, -0.25) is 0 Å². The maximum absolute atomic E-state index is 4.54. The minimum atomic E-state index is 0. The Hall–Kier alpha value is -0.700. The third-order valence-electron chi connectivity index (χ3n) is 0.384. The van der Waals surface area contributed by atoms with Crippen molar-refractivity contribution in [2.45, 2.75) is 0 Å². The molecule has 0 spiro atoms. The largest absolute Gasteiger partial charge is 0.462 e. The van der Waals surface area contributed by atoms with Crippen LogP contribution < -0.4 is 0 Å². The van der Waals surface area contributed by atoms with E-state index in [-0.39, 0.29) is 5.48 Å². The topological polar surface area (TPSA) is 50.0 Å². The second kappa shape index (κ2) is 2.53. The lowest BCUT2D eigenvalue weighted by Gasteiger charge is -1.82. The fraction of sp³-hybridized carbons (Fsp3) is 0.333. The zero-order chi connectivity index (χ0) is 3.54. The highest BCUT2D eigenvalue weighted by atomic mass is 16.7. The first-order valence-corrected chi connectivity index (χ1v) is 1.38. The van der Waals surface area contributed by atoms with Gasteiger partial charge in [0, 0.05) is 0 Å². The molecule has 0 aromatic carbocycles. The molecule has 0 aliphatic carbocycles. The number of hydrogen-bond donors (Lipinski definition) is 0. The van der Waals surface area contributed by atoms with E-state index in [0.29, 0.717) is 6.79 Å². The molecule has 3 heteroatoms. The van der Waals surface area contributed by atoms with Crippen molar-refractivity contribution in [1.82, 2.24) is 0 Å². The third kappa shape index (κ3) is 0.944. The molecule has 0 atom stereocenters. The minimum Gasteiger partial charge on any atom is -0.462 e. The molecule has 36 valence electrons. The lowest BCUT2D eigenvalue weighted by Crippen LogP contribution is -1.75. The van der Waals surface area contributed by atoms with E-state index in [1.165, 1.54) is 12.5 Å². The van der Waals surface area contributed by atoms with Gasteiger partial charge >= 0.3 is 0 Å². The van der Waals surface area contributed by atoms with Crippen molar-refractivity contribution in [3.05, 3.63) is 12.5 Å². The van der Waals surface area contributed by atoms with Crippen LogP contribution in [0.25, 0.3) is 0 Å². The zero-order valence-corrected chi connectivity index (χ0v) is 3.18. The predicted octanol–water partition coefficient (Wildman–Crippen LogP) is -0.363. The molecular weight excluding hydrogens is 84.0 g/mol. The van der Waals surface area contributed by atoms with Gasteiger partial charge in [-0.25, -0.2) is 0 Å². The van der Waals surface area contributed by atoms with Crippen LogP contribution in [0.5, 0.6) is 0 Å². The summed E-state index contributed by atoms with van der Waals surface area (Å²) in [4.78, 5) is 0. The second-order valence-corrected chi connectivity index (χ2v) is 0.723. The normalized spacial score (nSPS) is 14.7. The Labute approximate surface area is 35.5 Å². The highest BCUT2D eigenvalue weighted by molar-refractivity contribution is 4.63. The molecule has 1 aliphatic rings. The first-order chi connectivity index (χ1) is 2.50. The molecule has 0 aromatic heterocycles. The first-order valence-electron chi connectivity index (χ1n) is 1.38. The summed E-state index contributed by atoms with van der Waals surface area (Å²) in [7, 11) is 0. The molecule has 1 heterocycles. The third-order valence-corrected chi connectivity index (χ3v) is 0.384. The molecule has 0 radical (unpaired) electrons. The highest BCUT2D eigenvalue weighted by Gasteiger charge is 1.82. The van der Waals surface area contributed by atoms with Crippen molar-refractivity contribution in [2.75, 3.05) is 6.79 Å². The summed E-state index contributed by atoms with van der Waals surface area (Å²) in [6.45, 7) is 0.389. The molecule has 0 unspecified atom stereocenters. The van der Waals surface area contributed by atoms with E-state index >= 15 is 0 Å². The molecular formula is C3H6O3. The lowest BCUT2D eigenvalue weighted by molar-refractivity contribution is 0.0920. The van der Waals surface area contributed by atoms with E-state index in [9.17, 15) is 0 Å². The molecule has 0 saturated carbocycles. The number of rotatable bonds is 0. The fourth-order valence-electron chi connectivity index (χ4n) is 0.196. The summed E-state index contributed by atoms with van der Waals surface area (Å²) in [5.41, 5.74) is 0. The summed E-state index contributed by atoms with van der Waals surface area (Å²) in [6, 6.07) is 0. The summed E-state index contributed by atoms with van der Waals surface area (Å²) in [6.07, 6.45) is 3.03. The average Bonchev–Trinajstić information content (AvgIpc) is 1.76. The van der Waals surface area contributed by atoms with Gasteiger partial charge in [-0.1, -0.05) is 0 Å². The van der Waals surface area contributed by atoms with Gasteiger partial charge < -0.3 is 14.9 Å². The molecule has 6 heavy (non-hydrogen) atoms. The fourth-order valence-corrected chi connectivity index (χ4v) is 0.196. The van der Waals surface area contributed by atoms with Gasteiger partial charge in [-0.05, 0) is 0 Å². The monoisotopic (exact) mass is 90.0 g/mol. The zero-order valence-electron chi connectivity index (χ0n) is 3.18. The number of hydrogen-bond acceptors (Lipinski definition) is 2. The Morgan fingerprint density at radius 1 is 1.17 bits per heavy atom. The molecule has 1 rings (SSSR count). The molecule has 0 bridgehead atoms. The molecule has 1 aliphatic heterocycles. The Bertz CT molecular complexity index is 44.0. The van der Waals surface area contributed by atoms with E-state index in [4.69, 9.17) is 0 Å². The van der Waals surface area contributed by atoms with Gasteiger partial charge in [0.2, 0.25) is 6.79 Å². The van der Waals surface area contributed by atoms with Crippen LogP contribution in [0, 0.1) is 0 Å². The van der Waals surface area contributed by atoms with Crippen molar-refractivity contribution >= 4 is 0 Å². The SMILES string of the molecule is C1=COCO1.O. The van der Waals surface area contributed by atoms with Crippen LogP contribution in [0.4, 0.5) is 0 Å². The van der Waals surface area contributed by atoms with Crippen molar-refractivity contribution in [3.63, 3.8) is 0 Å². The van der Waals surface area contributed by atoms with E-state index < -0.39 is 0 Å². The highest BCUT2D eigenvalue weighted by Crippen LogP contribution is 1.88. The maximum atomic E-state index is 4.54. The standard InChI is InChI=1S/C3H4O2.H2O/c1-2-5-3-4-1;/h1-2H,3H2;1H2. The van der Waals surface area contributed by atoms with E-state index in [1.54, 1.807) is 0 Å². The minimum absolute atomic E-state index is 0. The smallest absolute Gasteiger partial charge is 0.229 e. The van der Waals surface area contributed by atoms with Gasteiger partial charge in [0.05, 0.1) is 0 Å². The number of ether oxygens (including phenoxy) is 2. The first kappa shape index (κ1) is 5.30. The summed E-state index contributed by atoms with van der Waals surface area (Å²) in [5, 5.41) is 0. The van der Waals surface area contributed by atoms with Gasteiger partial charge in [-0.2, -0.15) is 0 Å². The van der Waals surface area contributed by atoms with Crippen LogP contribution in [0.3, 0.4) is 0 Å².